The van der Waals surface area contributed by atoms with Gasteiger partial charge in [0.05, 0.1) is 11.9 Å². The molecule has 0 spiro atoms. The van der Waals surface area contributed by atoms with Crippen LogP contribution in [0.1, 0.15) is 51.0 Å². The lowest BCUT2D eigenvalue weighted by Gasteiger charge is -2.32. The molecular formula is C23H29NO2S. The van der Waals surface area contributed by atoms with E-state index in [2.05, 4.69) is 31.2 Å². The molecule has 1 unspecified atom stereocenters. The van der Waals surface area contributed by atoms with Crippen LogP contribution in [0.2, 0.25) is 0 Å². The Morgan fingerprint density at radius 1 is 1.00 bits per heavy atom. The van der Waals surface area contributed by atoms with Crippen molar-refractivity contribution >= 4 is 15.7 Å². The van der Waals surface area contributed by atoms with Crippen LogP contribution in [0.25, 0.3) is 11.1 Å². The quantitative estimate of drug-likeness (QED) is 0.712. The van der Waals surface area contributed by atoms with E-state index in [0.717, 1.165) is 12.1 Å². The molecule has 0 aromatic heterocycles. The van der Waals surface area contributed by atoms with Gasteiger partial charge in [0.25, 0.3) is 0 Å². The third kappa shape index (κ3) is 3.64. The lowest BCUT2D eigenvalue weighted by Crippen LogP contribution is -2.36. The van der Waals surface area contributed by atoms with E-state index in [4.69, 9.17) is 0 Å². The van der Waals surface area contributed by atoms with Crippen molar-refractivity contribution < 1.29 is 8.42 Å². The number of benzene rings is 2. The fraction of sp³-hybridized carbons (Fsp3) is 0.478. The van der Waals surface area contributed by atoms with Crippen molar-refractivity contribution in [1.82, 2.24) is 0 Å². The molecular weight excluding hydrogens is 354 g/mol. The van der Waals surface area contributed by atoms with Crippen molar-refractivity contribution in [2.24, 2.45) is 5.92 Å². The summed E-state index contributed by atoms with van der Waals surface area (Å²) >= 11 is 0. The summed E-state index contributed by atoms with van der Waals surface area (Å²) in [5, 5.41) is 0. The maximum absolute atomic E-state index is 12.5. The van der Waals surface area contributed by atoms with Gasteiger partial charge >= 0.3 is 0 Å². The van der Waals surface area contributed by atoms with E-state index in [0.29, 0.717) is 12.5 Å². The molecule has 27 heavy (non-hydrogen) atoms. The molecule has 144 valence electrons. The molecule has 1 fully saturated rings. The Morgan fingerprint density at radius 3 is 2.37 bits per heavy atom. The summed E-state index contributed by atoms with van der Waals surface area (Å²) in [5.74, 6) is 0.705. The predicted molar refractivity (Wildman–Crippen MR) is 113 cm³/mol. The molecule has 0 saturated heterocycles. The van der Waals surface area contributed by atoms with Crippen LogP contribution < -0.4 is 4.31 Å². The number of nitrogens with zero attached hydrogens (tertiary/aromatic N) is 1. The third-order valence-electron chi connectivity index (χ3n) is 6.38. The minimum atomic E-state index is -3.27. The van der Waals surface area contributed by atoms with Crippen molar-refractivity contribution in [1.29, 1.82) is 0 Å². The Bertz CT molecular complexity index is 917. The van der Waals surface area contributed by atoms with Crippen LogP contribution in [0, 0.1) is 5.92 Å². The third-order valence-corrected chi connectivity index (χ3v) is 7.51. The zero-order chi connectivity index (χ0) is 19.1. The van der Waals surface area contributed by atoms with Crippen molar-refractivity contribution in [2.45, 2.75) is 50.9 Å². The van der Waals surface area contributed by atoms with Gasteiger partial charge < -0.3 is 0 Å². The van der Waals surface area contributed by atoms with Gasteiger partial charge in [0.1, 0.15) is 0 Å². The van der Waals surface area contributed by atoms with Crippen molar-refractivity contribution in [3.05, 3.63) is 54.1 Å². The highest BCUT2D eigenvalue weighted by atomic mass is 32.2. The first kappa shape index (κ1) is 18.5. The summed E-state index contributed by atoms with van der Waals surface area (Å²) < 4.78 is 26.5. The van der Waals surface area contributed by atoms with E-state index >= 15 is 0 Å². The van der Waals surface area contributed by atoms with Crippen molar-refractivity contribution in [3.63, 3.8) is 0 Å². The molecule has 1 heterocycles. The van der Waals surface area contributed by atoms with Crippen LogP contribution in [-0.2, 0) is 15.4 Å². The molecule has 2 aromatic carbocycles. The highest BCUT2D eigenvalue weighted by Gasteiger charge is 2.43. The van der Waals surface area contributed by atoms with Crippen LogP contribution in [0.3, 0.4) is 0 Å². The van der Waals surface area contributed by atoms with E-state index in [-0.39, 0.29) is 5.41 Å². The highest BCUT2D eigenvalue weighted by Crippen LogP contribution is 2.48. The van der Waals surface area contributed by atoms with E-state index < -0.39 is 10.0 Å². The number of anilines is 1. The van der Waals surface area contributed by atoms with Gasteiger partial charge in [-0.3, -0.25) is 4.31 Å². The van der Waals surface area contributed by atoms with Gasteiger partial charge in [-0.15, -0.1) is 0 Å². The largest absolute Gasteiger partial charge is 0.269 e. The molecule has 3 nitrogen and oxygen atoms in total. The molecule has 4 rings (SSSR count). The summed E-state index contributed by atoms with van der Waals surface area (Å²) in [6, 6.07) is 16.6. The van der Waals surface area contributed by atoms with E-state index in [1.807, 2.05) is 24.3 Å². The number of sulfonamides is 1. The molecule has 0 amide bonds. The summed E-state index contributed by atoms with van der Waals surface area (Å²) in [5.41, 5.74) is 4.29. The number of hydrogen-bond donors (Lipinski definition) is 0. The van der Waals surface area contributed by atoms with Gasteiger partial charge in [0, 0.05) is 12.0 Å². The molecule has 0 bridgehead atoms. The molecule has 4 heteroatoms. The lowest BCUT2D eigenvalue weighted by molar-refractivity contribution is 0.278. The number of hydrogen-bond acceptors (Lipinski definition) is 2. The van der Waals surface area contributed by atoms with Gasteiger partial charge in [-0.2, -0.15) is 0 Å². The second-order valence-corrected chi connectivity index (χ2v) is 10.5. The van der Waals surface area contributed by atoms with Crippen molar-refractivity contribution in [2.75, 3.05) is 17.1 Å². The fourth-order valence-corrected chi connectivity index (χ4v) is 6.07. The molecule has 1 atom stereocenters. The van der Waals surface area contributed by atoms with Gasteiger partial charge in [0.2, 0.25) is 10.0 Å². The van der Waals surface area contributed by atoms with Gasteiger partial charge in [-0.05, 0) is 41.2 Å². The van der Waals surface area contributed by atoms with E-state index in [1.54, 1.807) is 4.31 Å². The summed E-state index contributed by atoms with van der Waals surface area (Å²) in [6.45, 7) is 2.83. The average molecular weight is 384 g/mol. The van der Waals surface area contributed by atoms with Crippen LogP contribution in [0.4, 0.5) is 5.69 Å². The first-order valence-corrected chi connectivity index (χ1v) is 11.9. The Labute approximate surface area is 163 Å². The molecule has 2 aliphatic rings. The SMILES string of the molecule is CC1(CC2CCCCC2)CN(S(C)(=O)=O)c2ccc(-c3ccccc3)cc21. The molecule has 1 aliphatic carbocycles. The molecule has 1 saturated carbocycles. The Kier molecular flexibility index (Phi) is 4.79. The first-order chi connectivity index (χ1) is 12.9. The molecule has 1 aliphatic heterocycles. The Hall–Kier alpha value is -1.81. The van der Waals surface area contributed by atoms with Crippen LogP contribution >= 0.6 is 0 Å². The topological polar surface area (TPSA) is 37.4 Å². The van der Waals surface area contributed by atoms with E-state index in [1.165, 1.54) is 55.1 Å². The summed E-state index contributed by atoms with van der Waals surface area (Å²) in [4.78, 5) is 0. The second kappa shape index (κ2) is 6.97. The molecule has 0 radical (unpaired) electrons. The smallest absolute Gasteiger partial charge is 0.232 e. The molecule has 0 N–H and O–H groups in total. The zero-order valence-electron chi connectivity index (χ0n) is 16.3. The minimum absolute atomic E-state index is 0.120. The van der Waals surface area contributed by atoms with Crippen LogP contribution in [-0.4, -0.2) is 21.2 Å². The monoisotopic (exact) mass is 383 g/mol. The van der Waals surface area contributed by atoms with Crippen LogP contribution in [0.5, 0.6) is 0 Å². The summed E-state index contributed by atoms with van der Waals surface area (Å²) in [7, 11) is -3.27. The summed E-state index contributed by atoms with van der Waals surface area (Å²) in [6.07, 6.45) is 8.93. The Morgan fingerprint density at radius 2 is 1.70 bits per heavy atom. The number of rotatable bonds is 4. The fourth-order valence-electron chi connectivity index (χ4n) is 5.03. The van der Waals surface area contributed by atoms with Gasteiger partial charge in [-0.1, -0.05) is 75.4 Å². The Balaban J connectivity index is 1.76. The first-order valence-electron chi connectivity index (χ1n) is 10.0. The van der Waals surface area contributed by atoms with Crippen LogP contribution in [0.15, 0.2) is 48.5 Å². The lowest BCUT2D eigenvalue weighted by atomic mass is 9.72. The standard InChI is InChI=1S/C23H29NO2S/c1-23(16-18-9-5-3-6-10-18)17-24(27(2,25)26)22-14-13-20(15-21(22)23)19-11-7-4-8-12-19/h4,7-8,11-15,18H,3,5-6,9-10,16-17H2,1-2H3. The van der Waals surface area contributed by atoms with Crippen molar-refractivity contribution in [3.8, 4) is 11.1 Å². The molecule has 2 aromatic rings. The zero-order valence-corrected chi connectivity index (χ0v) is 17.1. The average Bonchev–Trinajstić information content (AvgIpc) is 2.96. The predicted octanol–water partition coefficient (Wildman–Crippen LogP) is 5.36. The number of fused-ring (bicyclic) bond motifs is 1. The normalized spacial score (nSPS) is 23.4. The second-order valence-electron chi connectivity index (χ2n) is 8.64. The minimum Gasteiger partial charge on any atom is -0.269 e. The van der Waals surface area contributed by atoms with Gasteiger partial charge in [-0.25, -0.2) is 8.42 Å². The van der Waals surface area contributed by atoms with Gasteiger partial charge in [0.15, 0.2) is 0 Å². The maximum Gasteiger partial charge on any atom is 0.232 e. The maximum atomic E-state index is 12.5. The van der Waals surface area contributed by atoms with E-state index in [9.17, 15) is 8.42 Å². The highest BCUT2D eigenvalue weighted by molar-refractivity contribution is 7.92.